The molecule has 1 rings (SSSR count). The third-order valence-electron chi connectivity index (χ3n) is 3.99. The number of nitrogens with two attached hydrogens (primary N) is 1. The lowest BCUT2D eigenvalue weighted by Crippen LogP contribution is -2.49. The molecule has 0 saturated carbocycles. The van der Waals surface area contributed by atoms with E-state index in [1.54, 1.807) is 12.1 Å². The van der Waals surface area contributed by atoms with Crippen LogP contribution >= 0.6 is 11.8 Å². The Hall–Kier alpha value is -1.80. The molecule has 7 nitrogen and oxygen atoms in total. The summed E-state index contributed by atoms with van der Waals surface area (Å²) in [7, 11) is 1.39. The number of hydrogen-bond donors (Lipinski definition) is 2. The zero-order chi connectivity index (χ0) is 18.2. The van der Waals surface area contributed by atoms with Crippen LogP contribution < -0.4 is 15.8 Å². The lowest BCUT2D eigenvalue weighted by atomic mass is 9.94. The third-order valence-corrected chi connectivity index (χ3v) is 4.99. The van der Waals surface area contributed by atoms with Gasteiger partial charge in [-0.25, -0.2) is 0 Å². The summed E-state index contributed by atoms with van der Waals surface area (Å²) in [5.41, 5.74) is 6.48. The fourth-order valence-electron chi connectivity index (χ4n) is 2.06. The van der Waals surface area contributed by atoms with Crippen LogP contribution in [0.5, 0.6) is 5.75 Å². The van der Waals surface area contributed by atoms with Crippen molar-refractivity contribution in [2.24, 2.45) is 5.73 Å². The van der Waals surface area contributed by atoms with E-state index in [-0.39, 0.29) is 28.6 Å². The number of nitrogens with one attached hydrogen (secondary N) is 1. The maximum absolute atomic E-state index is 11.9. The highest BCUT2D eigenvalue weighted by molar-refractivity contribution is 7.99. The summed E-state index contributed by atoms with van der Waals surface area (Å²) < 4.78 is 4.96. The number of amides is 1. The summed E-state index contributed by atoms with van der Waals surface area (Å²) in [5, 5.41) is 13.8. The third kappa shape index (κ3) is 6.01. The number of methoxy groups -OCH3 is 1. The monoisotopic (exact) mass is 355 g/mol. The Labute approximate surface area is 146 Å². The van der Waals surface area contributed by atoms with Crippen LogP contribution in [-0.4, -0.2) is 35.8 Å². The Kier molecular flexibility index (Phi) is 8.00. The fourth-order valence-corrected chi connectivity index (χ4v) is 2.86. The molecular formula is C16H25N3O4S. The van der Waals surface area contributed by atoms with Crippen LogP contribution in [0, 0.1) is 10.1 Å². The highest BCUT2D eigenvalue weighted by Gasteiger charge is 2.20. The molecule has 0 aliphatic carbocycles. The first-order valence-electron chi connectivity index (χ1n) is 7.79. The van der Waals surface area contributed by atoms with Gasteiger partial charge in [0.05, 0.1) is 17.8 Å². The van der Waals surface area contributed by atoms with Crippen molar-refractivity contribution in [3.05, 3.63) is 33.9 Å². The van der Waals surface area contributed by atoms with Crippen molar-refractivity contribution >= 4 is 23.4 Å². The van der Waals surface area contributed by atoms with Crippen LogP contribution in [0.25, 0.3) is 0 Å². The highest BCUT2D eigenvalue weighted by atomic mass is 32.2. The fraction of sp³-hybridized carbons (Fsp3) is 0.562. The maximum atomic E-state index is 11.9. The van der Waals surface area contributed by atoms with Crippen molar-refractivity contribution in [3.63, 3.8) is 0 Å². The van der Waals surface area contributed by atoms with E-state index in [0.717, 1.165) is 18.4 Å². The summed E-state index contributed by atoms with van der Waals surface area (Å²) in [6.45, 7) is 4.45. The summed E-state index contributed by atoms with van der Waals surface area (Å²) in [4.78, 5) is 22.4. The summed E-state index contributed by atoms with van der Waals surface area (Å²) in [5.74, 6) is 0.932. The number of nitro groups is 1. The maximum Gasteiger partial charge on any atom is 0.311 e. The highest BCUT2D eigenvalue weighted by Crippen LogP contribution is 2.28. The zero-order valence-corrected chi connectivity index (χ0v) is 15.1. The Morgan fingerprint density at radius 1 is 1.42 bits per heavy atom. The molecular weight excluding hydrogens is 330 g/mol. The van der Waals surface area contributed by atoms with Gasteiger partial charge in [0.2, 0.25) is 5.91 Å². The van der Waals surface area contributed by atoms with E-state index in [9.17, 15) is 14.9 Å². The molecule has 0 aromatic heterocycles. The lowest BCUT2D eigenvalue weighted by Gasteiger charge is -2.26. The molecule has 0 unspecified atom stereocenters. The van der Waals surface area contributed by atoms with Gasteiger partial charge in [0.1, 0.15) is 0 Å². The minimum Gasteiger partial charge on any atom is -0.490 e. The van der Waals surface area contributed by atoms with E-state index >= 15 is 0 Å². The van der Waals surface area contributed by atoms with E-state index in [0.29, 0.717) is 12.3 Å². The minimum absolute atomic E-state index is 0.0705. The standard InChI is InChI=1S/C16H25N3O4S/c1-4-16(17,5-2)11-18-15(20)10-24-9-12-6-7-14(23-3)13(8-12)19(21)22/h6-8H,4-5,9-11,17H2,1-3H3,(H,18,20). The normalized spacial score (nSPS) is 11.2. The molecule has 24 heavy (non-hydrogen) atoms. The Morgan fingerprint density at radius 3 is 2.62 bits per heavy atom. The zero-order valence-electron chi connectivity index (χ0n) is 14.3. The molecule has 1 aromatic carbocycles. The predicted molar refractivity (Wildman–Crippen MR) is 96.3 cm³/mol. The van der Waals surface area contributed by atoms with E-state index in [1.165, 1.54) is 24.9 Å². The molecule has 0 aliphatic rings. The number of hydrogen-bond acceptors (Lipinski definition) is 6. The molecule has 0 saturated heterocycles. The first-order chi connectivity index (χ1) is 11.3. The number of nitro benzene ring substituents is 1. The molecule has 0 aliphatic heterocycles. The van der Waals surface area contributed by atoms with Crippen LogP contribution in [0.1, 0.15) is 32.3 Å². The van der Waals surface area contributed by atoms with Gasteiger partial charge in [-0.1, -0.05) is 19.9 Å². The van der Waals surface area contributed by atoms with Gasteiger partial charge in [-0.2, -0.15) is 0 Å². The van der Waals surface area contributed by atoms with Crippen LogP contribution in [0.15, 0.2) is 18.2 Å². The number of rotatable bonds is 10. The molecule has 8 heteroatoms. The van der Waals surface area contributed by atoms with E-state index in [1.807, 2.05) is 13.8 Å². The van der Waals surface area contributed by atoms with Crippen molar-refractivity contribution < 1.29 is 14.5 Å². The van der Waals surface area contributed by atoms with Crippen molar-refractivity contribution in [2.45, 2.75) is 38.0 Å². The molecule has 0 atom stereocenters. The van der Waals surface area contributed by atoms with Crippen LogP contribution in [0.3, 0.4) is 0 Å². The second kappa shape index (κ2) is 9.48. The molecule has 134 valence electrons. The van der Waals surface area contributed by atoms with E-state index < -0.39 is 4.92 Å². The van der Waals surface area contributed by atoms with Crippen LogP contribution in [-0.2, 0) is 10.5 Å². The largest absolute Gasteiger partial charge is 0.490 e. The first kappa shape index (κ1) is 20.2. The quantitative estimate of drug-likeness (QED) is 0.493. The molecule has 0 heterocycles. The molecule has 0 radical (unpaired) electrons. The predicted octanol–water partition coefficient (Wildman–Crippen LogP) is 2.47. The van der Waals surface area contributed by atoms with E-state index in [2.05, 4.69) is 5.32 Å². The van der Waals surface area contributed by atoms with E-state index in [4.69, 9.17) is 10.5 Å². The SMILES string of the molecule is CCC(N)(CC)CNC(=O)CSCc1ccc(OC)c([N+](=O)[O-])c1. The van der Waals surface area contributed by atoms with Gasteiger partial charge in [0.25, 0.3) is 0 Å². The molecule has 0 bridgehead atoms. The number of thioether (sulfide) groups is 1. The lowest BCUT2D eigenvalue weighted by molar-refractivity contribution is -0.385. The summed E-state index contributed by atoms with van der Waals surface area (Å²) >= 11 is 1.40. The topological polar surface area (TPSA) is 107 Å². The number of carbonyl (C=O) groups is 1. The van der Waals surface area contributed by atoms with Gasteiger partial charge in [-0.3, -0.25) is 14.9 Å². The first-order valence-corrected chi connectivity index (χ1v) is 8.95. The second-order valence-electron chi connectivity index (χ2n) is 5.60. The number of ether oxygens (including phenoxy) is 1. The van der Waals surface area contributed by atoms with Gasteiger partial charge >= 0.3 is 5.69 Å². The van der Waals surface area contributed by atoms with Crippen molar-refractivity contribution in [1.29, 1.82) is 0 Å². The van der Waals surface area contributed by atoms with Crippen molar-refractivity contribution in [3.8, 4) is 5.75 Å². The Bertz CT molecular complexity index is 576. The second-order valence-corrected chi connectivity index (χ2v) is 6.59. The average Bonchev–Trinajstić information content (AvgIpc) is 2.59. The number of benzene rings is 1. The van der Waals surface area contributed by atoms with Gasteiger partial charge in [0.15, 0.2) is 5.75 Å². The number of nitrogens with zero attached hydrogens (tertiary/aromatic N) is 1. The Balaban J connectivity index is 2.49. The molecule has 1 aromatic rings. The molecule has 0 fully saturated rings. The number of carbonyl (C=O) groups excluding carboxylic acids is 1. The van der Waals surface area contributed by atoms with Crippen LogP contribution in [0.2, 0.25) is 0 Å². The molecule has 3 N–H and O–H groups in total. The smallest absolute Gasteiger partial charge is 0.311 e. The van der Waals surface area contributed by atoms with Crippen molar-refractivity contribution in [1.82, 2.24) is 5.32 Å². The minimum atomic E-state index is -0.476. The van der Waals surface area contributed by atoms with Crippen LogP contribution in [0.4, 0.5) is 5.69 Å². The van der Waals surface area contributed by atoms with Gasteiger partial charge in [-0.15, -0.1) is 11.8 Å². The summed E-state index contributed by atoms with van der Waals surface area (Å²) in [6, 6.07) is 4.80. The molecule has 0 spiro atoms. The molecule has 1 amide bonds. The Morgan fingerprint density at radius 2 is 2.08 bits per heavy atom. The van der Waals surface area contributed by atoms with Gasteiger partial charge in [-0.05, 0) is 24.5 Å². The van der Waals surface area contributed by atoms with Crippen molar-refractivity contribution in [2.75, 3.05) is 19.4 Å². The average molecular weight is 355 g/mol. The van der Waals surface area contributed by atoms with Gasteiger partial charge < -0.3 is 15.8 Å². The van der Waals surface area contributed by atoms with Gasteiger partial charge in [0, 0.05) is 23.9 Å². The summed E-state index contributed by atoms with van der Waals surface area (Å²) in [6.07, 6.45) is 1.60.